The van der Waals surface area contributed by atoms with Crippen LogP contribution in [0, 0.1) is 13.8 Å². The van der Waals surface area contributed by atoms with Gasteiger partial charge in [0.15, 0.2) is 4.21 Å². The lowest BCUT2D eigenvalue weighted by Crippen LogP contribution is -2.33. The van der Waals surface area contributed by atoms with E-state index in [0.717, 1.165) is 17.8 Å². The number of thiazole rings is 1. The standard InChI is InChI=1S/C16H20N2O4S2/c1-4-5-10-18(14-9-7-6-8-13(14)15(19)20)24(21,22)16-11(2)17-12(3)23-16/h6-9H,4-5,10H2,1-3H3,(H,19,20). The number of unbranched alkanes of at least 4 members (excludes halogenated alkanes) is 1. The molecule has 0 saturated heterocycles. The Morgan fingerprint density at radius 2 is 1.96 bits per heavy atom. The summed E-state index contributed by atoms with van der Waals surface area (Å²) in [6, 6.07) is 6.16. The van der Waals surface area contributed by atoms with Gasteiger partial charge in [-0.1, -0.05) is 25.5 Å². The average Bonchev–Trinajstić information content (AvgIpc) is 2.87. The lowest BCUT2D eigenvalue weighted by atomic mass is 10.1. The molecule has 0 radical (unpaired) electrons. The van der Waals surface area contributed by atoms with E-state index in [4.69, 9.17) is 0 Å². The Hall–Kier alpha value is -1.93. The third-order valence-electron chi connectivity index (χ3n) is 3.50. The quantitative estimate of drug-likeness (QED) is 0.809. The van der Waals surface area contributed by atoms with Crippen LogP contribution >= 0.6 is 11.3 Å². The number of benzene rings is 1. The predicted molar refractivity (Wildman–Crippen MR) is 94.4 cm³/mol. The van der Waals surface area contributed by atoms with Crippen LogP contribution in [0.25, 0.3) is 0 Å². The number of hydrogen-bond donors (Lipinski definition) is 1. The lowest BCUT2D eigenvalue weighted by Gasteiger charge is -2.25. The summed E-state index contributed by atoms with van der Waals surface area (Å²) in [4.78, 5) is 15.7. The second-order valence-corrected chi connectivity index (χ2v) is 8.62. The topological polar surface area (TPSA) is 87.6 Å². The Morgan fingerprint density at radius 3 is 2.50 bits per heavy atom. The van der Waals surface area contributed by atoms with Crippen LogP contribution in [0.1, 0.15) is 40.8 Å². The SMILES string of the molecule is CCCCN(c1ccccc1C(=O)O)S(=O)(=O)c1sc(C)nc1C. The van der Waals surface area contributed by atoms with Gasteiger partial charge in [0.25, 0.3) is 10.0 Å². The van der Waals surface area contributed by atoms with Crippen LogP contribution in [0.4, 0.5) is 5.69 Å². The van der Waals surface area contributed by atoms with Crippen LogP contribution in [0.15, 0.2) is 28.5 Å². The number of anilines is 1. The molecule has 0 atom stereocenters. The molecule has 0 aliphatic carbocycles. The number of carboxylic acid groups (broad SMARTS) is 1. The van der Waals surface area contributed by atoms with Crippen molar-refractivity contribution in [3.8, 4) is 0 Å². The Kier molecular flexibility index (Phi) is 5.61. The van der Waals surface area contributed by atoms with Crippen LogP contribution in [0.2, 0.25) is 0 Å². The van der Waals surface area contributed by atoms with Gasteiger partial charge in [-0.25, -0.2) is 18.2 Å². The maximum Gasteiger partial charge on any atom is 0.337 e. The Bertz CT molecular complexity index is 844. The molecule has 0 aliphatic rings. The summed E-state index contributed by atoms with van der Waals surface area (Å²) in [5.74, 6) is -1.15. The van der Waals surface area contributed by atoms with Crippen molar-refractivity contribution in [2.24, 2.45) is 0 Å². The molecule has 1 aromatic heterocycles. The number of carbonyl (C=O) groups is 1. The highest BCUT2D eigenvalue weighted by molar-refractivity contribution is 7.94. The van der Waals surface area contributed by atoms with E-state index in [9.17, 15) is 18.3 Å². The van der Waals surface area contributed by atoms with Crippen LogP contribution in [0.5, 0.6) is 0 Å². The molecule has 0 bridgehead atoms. The molecule has 1 heterocycles. The van der Waals surface area contributed by atoms with E-state index in [1.807, 2.05) is 6.92 Å². The van der Waals surface area contributed by atoms with Gasteiger partial charge in [-0.2, -0.15) is 0 Å². The molecule has 0 amide bonds. The highest BCUT2D eigenvalue weighted by Gasteiger charge is 2.31. The number of carboxylic acids is 1. The minimum atomic E-state index is -3.87. The van der Waals surface area contributed by atoms with Gasteiger partial charge in [0.2, 0.25) is 0 Å². The number of rotatable bonds is 7. The first kappa shape index (κ1) is 18.4. The summed E-state index contributed by atoms with van der Waals surface area (Å²) in [6.45, 7) is 5.57. The fraction of sp³-hybridized carbons (Fsp3) is 0.375. The molecule has 1 aromatic carbocycles. The van der Waals surface area contributed by atoms with Gasteiger partial charge in [0.1, 0.15) is 0 Å². The smallest absolute Gasteiger partial charge is 0.337 e. The van der Waals surface area contributed by atoms with Gasteiger partial charge in [-0.3, -0.25) is 4.31 Å². The normalized spacial score (nSPS) is 11.5. The maximum atomic E-state index is 13.2. The van der Waals surface area contributed by atoms with E-state index < -0.39 is 16.0 Å². The average molecular weight is 368 g/mol. The zero-order valence-electron chi connectivity index (χ0n) is 13.8. The van der Waals surface area contributed by atoms with E-state index in [2.05, 4.69) is 4.98 Å². The number of nitrogens with zero attached hydrogens (tertiary/aromatic N) is 2. The van der Waals surface area contributed by atoms with Crippen LogP contribution < -0.4 is 4.31 Å². The number of aromatic carboxylic acids is 1. The number of sulfonamides is 1. The fourth-order valence-electron chi connectivity index (χ4n) is 2.40. The first-order valence-electron chi connectivity index (χ1n) is 7.58. The third-order valence-corrected chi connectivity index (χ3v) is 6.98. The molecule has 1 N–H and O–H groups in total. The summed E-state index contributed by atoms with van der Waals surface area (Å²) in [5.41, 5.74) is 0.590. The molecule has 24 heavy (non-hydrogen) atoms. The summed E-state index contributed by atoms with van der Waals surface area (Å²) >= 11 is 1.10. The highest BCUT2D eigenvalue weighted by atomic mass is 32.2. The fourth-order valence-corrected chi connectivity index (χ4v) is 5.50. The number of aryl methyl sites for hydroxylation is 2. The summed E-state index contributed by atoms with van der Waals surface area (Å²) in [7, 11) is -3.87. The predicted octanol–water partition coefficient (Wildman–Crippen LogP) is 3.45. The first-order valence-corrected chi connectivity index (χ1v) is 9.83. The molecule has 2 rings (SSSR count). The van der Waals surface area contributed by atoms with Gasteiger partial charge in [-0.05, 0) is 32.4 Å². The zero-order valence-corrected chi connectivity index (χ0v) is 15.4. The maximum absolute atomic E-state index is 13.2. The molecule has 6 nitrogen and oxygen atoms in total. The summed E-state index contributed by atoms with van der Waals surface area (Å²) < 4.78 is 27.7. The Balaban J connectivity index is 2.61. The van der Waals surface area contributed by atoms with Crippen molar-refractivity contribution in [2.75, 3.05) is 10.8 Å². The number of para-hydroxylation sites is 1. The van der Waals surface area contributed by atoms with Gasteiger partial charge in [0, 0.05) is 6.54 Å². The van der Waals surface area contributed by atoms with E-state index in [1.54, 1.807) is 26.0 Å². The van der Waals surface area contributed by atoms with Crippen molar-refractivity contribution in [3.63, 3.8) is 0 Å². The van der Waals surface area contributed by atoms with Crippen molar-refractivity contribution in [1.82, 2.24) is 4.98 Å². The van der Waals surface area contributed by atoms with Gasteiger partial charge in [-0.15, -0.1) is 11.3 Å². The molecule has 0 saturated carbocycles. The van der Waals surface area contributed by atoms with Gasteiger partial charge in [0.05, 0.1) is 22.0 Å². The van der Waals surface area contributed by atoms with Crippen molar-refractivity contribution in [1.29, 1.82) is 0 Å². The summed E-state index contributed by atoms with van der Waals surface area (Å²) in [5, 5.41) is 10.1. The number of hydrogen-bond acceptors (Lipinski definition) is 5. The van der Waals surface area contributed by atoms with E-state index >= 15 is 0 Å². The molecule has 0 fully saturated rings. The first-order chi connectivity index (χ1) is 11.3. The van der Waals surface area contributed by atoms with Crippen LogP contribution in [-0.2, 0) is 10.0 Å². The van der Waals surface area contributed by atoms with Crippen LogP contribution in [-0.4, -0.2) is 31.0 Å². The third kappa shape index (κ3) is 3.59. The number of aromatic nitrogens is 1. The second-order valence-electron chi connectivity index (χ2n) is 5.36. The van der Waals surface area contributed by atoms with E-state index in [0.29, 0.717) is 17.1 Å². The monoisotopic (exact) mass is 368 g/mol. The second kappa shape index (κ2) is 7.31. The van der Waals surface area contributed by atoms with Crippen molar-refractivity contribution < 1.29 is 18.3 Å². The minimum Gasteiger partial charge on any atom is -0.478 e. The summed E-state index contributed by atoms with van der Waals surface area (Å²) in [6.07, 6.45) is 1.42. The molecule has 0 aliphatic heterocycles. The molecule has 8 heteroatoms. The van der Waals surface area contributed by atoms with Gasteiger partial charge < -0.3 is 5.11 Å². The minimum absolute atomic E-state index is 0.0314. The lowest BCUT2D eigenvalue weighted by molar-refractivity contribution is 0.0697. The van der Waals surface area contributed by atoms with Gasteiger partial charge >= 0.3 is 5.97 Å². The largest absolute Gasteiger partial charge is 0.478 e. The molecule has 0 unspecified atom stereocenters. The van der Waals surface area contributed by atoms with Crippen molar-refractivity contribution in [2.45, 2.75) is 37.8 Å². The van der Waals surface area contributed by atoms with Crippen molar-refractivity contribution >= 4 is 33.0 Å². The molecular weight excluding hydrogens is 348 g/mol. The Morgan fingerprint density at radius 1 is 1.29 bits per heavy atom. The van der Waals surface area contributed by atoms with Crippen molar-refractivity contribution in [3.05, 3.63) is 40.5 Å². The zero-order chi connectivity index (χ0) is 17.9. The Labute approximate surface area is 145 Å². The molecule has 130 valence electrons. The van der Waals surface area contributed by atoms with Crippen LogP contribution in [0.3, 0.4) is 0 Å². The highest BCUT2D eigenvalue weighted by Crippen LogP contribution is 2.32. The molecule has 2 aromatic rings. The molecule has 0 spiro atoms. The van der Waals surface area contributed by atoms with E-state index in [1.165, 1.54) is 16.4 Å². The van der Waals surface area contributed by atoms with E-state index in [-0.39, 0.29) is 22.0 Å². The molecular formula is C16H20N2O4S2.